The molecule has 0 aliphatic heterocycles. The lowest BCUT2D eigenvalue weighted by Gasteiger charge is -2.19. The van der Waals surface area contributed by atoms with E-state index in [4.69, 9.17) is 30.2 Å². The maximum atomic E-state index is 13.1. The van der Waals surface area contributed by atoms with Gasteiger partial charge in [-0.2, -0.15) is 0 Å². The largest absolute Gasteiger partial charge is 0.506 e. The van der Waals surface area contributed by atoms with Crippen LogP contribution in [-0.4, -0.2) is 40.9 Å². The third kappa shape index (κ3) is 5.22. The van der Waals surface area contributed by atoms with E-state index in [0.717, 1.165) is 27.1 Å². The molecule has 0 amide bonds. The lowest BCUT2D eigenvalue weighted by atomic mass is 9.95. The number of halogens is 1. The molecule has 0 aliphatic carbocycles. The predicted octanol–water partition coefficient (Wildman–Crippen LogP) is 7.10. The number of furan rings is 1. The van der Waals surface area contributed by atoms with E-state index in [1.807, 2.05) is 43.3 Å². The van der Waals surface area contributed by atoms with Crippen molar-refractivity contribution in [1.82, 2.24) is 9.97 Å². The number of methoxy groups -OCH3 is 1. The fraction of sp³-hybridized carbons (Fsp3) is 0.233. The van der Waals surface area contributed by atoms with Gasteiger partial charge in [0.05, 0.1) is 35.3 Å². The van der Waals surface area contributed by atoms with Gasteiger partial charge >= 0.3 is 5.97 Å². The summed E-state index contributed by atoms with van der Waals surface area (Å²) in [6.07, 6.45) is 2.74. The molecule has 0 fully saturated rings. The van der Waals surface area contributed by atoms with E-state index in [9.17, 15) is 9.90 Å². The van der Waals surface area contributed by atoms with E-state index < -0.39 is 12.1 Å². The van der Waals surface area contributed by atoms with Gasteiger partial charge in [-0.15, -0.1) is 11.3 Å². The molecule has 3 heterocycles. The predicted molar refractivity (Wildman–Crippen MR) is 154 cm³/mol. The zero-order valence-electron chi connectivity index (χ0n) is 22.1. The summed E-state index contributed by atoms with van der Waals surface area (Å²) < 4.78 is 23.0. The molecule has 2 aromatic carbocycles. The molecule has 1 atom stereocenters. The van der Waals surface area contributed by atoms with Gasteiger partial charge in [-0.25, -0.2) is 14.8 Å². The van der Waals surface area contributed by atoms with Crippen molar-refractivity contribution in [2.24, 2.45) is 0 Å². The molecule has 40 heavy (non-hydrogen) atoms. The van der Waals surface area contributed by atoms with Gasteiger partial charge in [0.15, 0.2) is 0 Å². The fourth-order valence-electron chi connectivity index (χ4n) is 4.64. The van der Waals surface area contributed by atoms with Crippen molar-refractivity contribution in [2.75, 3.05) is 13.7 Å². The molecule has 0 aliphatic rings. The number of aromatic nitrogens is 2. The van der Waals surface area contributed by atoms with Gasteiger partial charge in [0.25, 0.3) is 0 Å². The standard InChI is InChI=1S/C30H27ClN2O6S/c1-4-18-19(12-13-20(34)26(18)31)24-25-28(32-16-33-29(25)40-27(24)22-11-8-14-38-22)39-23(30(35)37-5-2)15-17-9-6-7-10-21(17)36-3/h6-14,16,23,34H,4-5,15H2,1-3H3/t23-/m1/s1. The van der Waals surface area contributed by atoms with Crippen molar-refractivity contribution in [3.8, 4) is 39.1 Å². The van der Waals surface area contributed by atoms with Crippen LogP contribution in [0.4, 0.5) is 0 Å². The zero-order valence-corrected chi connectivity index (χ0v) is 23.7. The third-order valence-electron chi connectivity index (χ3n) is 6.45. The molecule has 206 valence electrons. The highest BCUT2D eigenvalue weighted by Gasteiger charge is 2.29. The Morgan fingerprint density at radius 2 is 1.95 bits per heavy atom. The Morgan fingerprint density at radius 3 is 2.67 bits per heavy atom. The van der Waals surface area contributed by atoms with Gasteiger partial charge in [0, 0.05) is 12.0 Å². The summed E-state index contributed by atoms with van der Waals surface area (Å²) in [6.45, 7) is 3.90. The summed E-state index contributed by atoms with van der Waals surface area (Å²) in [5.41, 5.74) is 3.05. The molecule has 8 nitrogen and oxygen atoms in total. The average molecular weight is 579 g/mol. The number of rotatable bonds is 10. The number of ether oxygens (including phenoxy) is 3. The Morgan fingerprint density at radius 1 is 1.12 bits per heavy atom. The lowest BCUT2D eigenvalue weighted by Crippen LogP contribution is -2.32. The minimum Gasteiger partial charge on any atom is -0.506 e. The van der Waals surface area contributed by atoms with E-state index in [2.05, 4.69) is 9.97 Å². The van der Waals surface area contributed by atoms with Crippen LogP contribution in [0.5, 0.6) is 17.4 Å². The van der Waals surface area contributed by atoms with Crippen LogP contribution in [0.2, 0.25) is 5.02 Å². The Labute approximate surface area is 240 Å². The maximum absolute atomic E-state index is 13.1. The zero-order chi connectivity index (χ0) is 28.2. The lowest BCUT2D eigenvalue weighted by molar-refractivity contribution is -0.151. The number of hydrogen-bond donors (Lipinski definition) is 1. The minimum atomic E-state index is -1.01. The van der Waals surface area contributed by atoms with Crippen molar-refractivity contribution in [1.29, 1.82) is 0 Å². The molecule has 3 aromatic heterocycles. The molecule has 0 spiro atoms. The van der Waals surface area contributed by atoms with Crippen LogP contribution in [0.1, 0.15) is 25.0 Å². The second kappa shape index (κ2) is 12.0. The Hall–Kier alpha value is -4.08. The molecule has 0 saturated heterocycles. The van der Waals surface area contributed by atoms with E-state index in [1.165, 1.54) is 17.7 Å². The first-order valence-corrected chi connectivity index (χ1v) is 13.9. The van der Waals surface area contributed by atoms with Crippen molar-refractivity contribution in [3.05, 3.63) is 77.3 Å². The first kappa shape index (κ1) is 27.5. The number of phenolic OH excluding ortho intramolecular Hbond substituents is 1. The molecule has 5 aromatic rings. The van der Waals surface area contributed by atoms with Crippen LogP contribution in [0.25, 0.3) is 32.0 Å². The molecular formula is C30H27ClN2O6S. The fourth-order valence-corrected chi connectivity index (χ4v) is 6.05. The second-order valence-electron chi connectivity index (χ2n) is 8.80. The smallest absolute Gasteiger partial charge is 0.347 e. The number of aromatic hydroxyl groups is 1. The van der Waals surface area contributed by atoms with Gasteiger partial charge in [0.2, 0.25) is 12.0 Å². The van der Waals surface area contributed by atoms with Crippen molar-refractivity contribution in [3.63, 3.8) is 0 Å². The summed E-state index contributed by atoms with van der Waals surface area (Å²) in [7, 11) is 1.58. The van der Waals surface area contributed by atoms with Crippen LogP contribution >= 0.6 is 22.9 Å². The number of nitrogens with zero attached hydrogens (tertiary/aromatic N) is 2. The van der Waals surface area contributed by atoms with E-state index in [1.54, 1.807) is 32.4 Å². The molecular weight excluding hydrogens is 552 g/mol. The van der Waals surface area contributed by atoms with Crippen LogP contribution < -0.4 is 9.47 Å². The molecule has 5 rings (SSSR count). The number of fused-ring (bicyclic) bond motifs is 1. The first-order valence-electron chi connectivity index (χ1n) is 12.7. The number of para-hydroxylation sites is 1. The number of phenols is 1. The summed E-state index contributed by atoms with van der Waals surface area (Å²) in [6, 6.07) is 14.5. The molecule has 0 unspecified atom stereocenters. The first-order chi connectivity index (χ1) is 19.5. The summed E-state index contributed by atoms with van der Waals surface area (Å²) >= 11 is 7.97. The summed E-state index contributed by atoms with van der Waals surface area (Å²) in [5.74, 6) is 0.952. The van der Waals surface area contributed by atoms with Gasteiger partial charge in [-0.05, 0) is 54.3 Å². The van der Waals surface area contributed by atoms with Crippen LogP contribution in [0, 0.1) is 0 Å². The molecule has 10 heteroatoms. The minimum absolute atomic E-state index is 0.00624. The number of benzene rings is 2. The number of esters is 1. The van der Waals surface area contributed by atoms with Crippen molar-refractivity contribution in [2.45, 2.75) is 32.8 Å². The highest BCUT2D eigenvalue weighted by molar-refractivity contribution is 7.22. The Balaban J connectivity index is 1.70. The van der Waals surface area contributed by atoms with E-state index >= 15 is 0 Å². The quantitative estimate of drug-likeness (QED) is 0.175. The van der Waals surface area contributed by atoms with Crippen LogP contribution in [-0.2, 0) is 22.4 Å². The number of hydrogen-bond acceptors (Lipinski definition) is 9. The van der Waals surface area contributed by atoms with Crippen LogP contribution in [0.15, 0.2) is 65.5 Å². The molecule has 0 saturated carbocycles. The topological polar surface area (TPSA) is 104 Å². The van der Waals surface area contributed by atoms with Gasteiger partial charge in [0.1, 0.15) is 28.4 Å². The van der Waals surface area contributed by atoms with Crippen molar-refractivity contribution >= 4 is 39.1 Å². The average Bonchev–Trinajstić information content (AvgIpc) is 3.63. The summed E-state index contributed by atoms with van der Waals surface area (Å²) in [5, 5.41) is 11.2. The highest BCUT2D eigenvalue weighted by atomic mass is 35.5. The number of thiophene rings is 1. The van der Waals surface area contributed by atoms with E-state index in [0.29, 0.717) is 28.1 Å². The Kier molecular flexibility index (Phi) is 8.23. The highest BCUT2D eigenvalue weighted by Crippen LogP contribution is 2.49. The normalized spacial score (nSPS) is 11.9. The van der Waals surface area contributed by atoms with E-state index in [-0.39, 0.29) is 29.7 Å². The monoisotopic (exact) mass is 578 g/mol. The maximum Gasteiger partial charge on any atom is 0.347 e. The van der Waals surface area contributed by atoms with Crippen LogP contribution in [0.3, 0.4) is 0 Å². The van der Waals surface area contributed by atoms with Gasteiger partial charge in [-0.3, -0.25) is 0 Å². The molecule has 0 radical (unpaired) electrons. The van der Waals surface area contributed by atoms with Gasteiger partial charge in [-0.1, -0.05) is 42.8 Å². The third-order valence-corrected chi connectivity index (χ3v) is 7.98. The Bertz CT molecular complexity index is 1650. The number of carbonyl (C=O) groups is 1. The second-order valence-corrected chi connectivity index (χ2v) is 10.2. The number of carbonyl (C=O) groups excluding carboxylic acids is 1. The SMILES string of the molecule is CCOC(=O)[C@@H](Cc1ccccc1OC)Oc1ncnc2sc(-c3ccco3)c(-c3ccc(O)c(Cl)c3CC)c12. The molecule has 0 bridgehead atoms. The van der Waals surface area contributed by atoms with Gasteiger partial charge < -0.3 is 23.7 Å². The van der Waals surface area contributed by atoms with Crippen molar-refractivity contribution < 1.29 is 28.5 Å². The molecule has 1 N–H and O–H groups in total. The summed E-state index contributed by atoms with van der Waals surface area (Å²) in [4.78, 5) is 23.5.